The first-order chi connectivity index (χ1) is 12.2. The van der Waals surface area contributed by atoms with Crippen molar-refractivity contribution in [2.75, 3.05) is 0 Å². The summed E-state index contributed by atoms with van der Waals surface area (Å²) in [7, 11) is 0. The Bertz CT molecular complexity index is 847. The Kier molecular flexibility index (Phi) is 5.54. The Labute approximate surface area is 147 Å². The molecule has 0 saturated carbocycles. The standard InChI is InChI=1S/C21H20N2O2/c22-14-17-9-10-23-21(13-17)25-15-18-7-4-8-19(11-18)20(24)12-16-5-2-1-3-6-16/h1-11,13H,12,14-15,22H2. The molecule has 3 aromatic rings. The molecule has 2 N–H and O–H groups in total. The highest BCUT2D eigenvalue weighted by Gasteiger charge is 2.08. The highest BCUT2D eigenvalue weighted by atomic mass is 16.5. The summed E-state index contributed by atoms with van der Waals surface area (Å²) in [4.78, 5) is 16.6. The molecule has 0 spiro atoms. The molecule has 0 saturated heterocycles. The van der Waals surface area contributed by atoms with Gasteiger partial charge < -0.3 is 10.5 Å². The minimum atomic E-state index is 0.0938. The van der Waals surface area contributed by atoms with Crippen LogP contribution in [0.4, 0.5) is 0 Å². The molecule has 0 aliphatic rings. The van der Waals surface area contributed by atoms with Crippen LogP contribution in [0.1, 0.15) is 27.0 Å². The van der Waals surface area contributed by atoms with Gasteiger partial charge in [-0.2, -0.15) is 0 Å². The van der Waals surface area contributed by atoms with Crippen LogP contribution in [0.5, 0.6) is 5.88 Å². The average molecular weight is 332 g/mol. The van der Waals surface area contributed by atoms with E-state index >= 15 is 0 Å². The quantitative estimate of drug-likeness (QED) is 0.672. The molecule has 0 bridgehead atoms. The lowest BCUT2D eigenvalue weighted by Crippen LogP contribution is -2.05. The van der Waals surface area contributed by atoms with E-state index < -0.39 is 0 Å². The lowest BCUT2D eigenvalue weighted by molar-refractivity contribution is 0.0993. The molecule has 3 rings (SSSR count). The number of nitrogens with zero attached hydrogens (tertiary/aromatic N) is 1. The van der Waals surface area contributed by atoms with Crippen molar-refractivity contribution in [3.05, 3.63) is 95.2 Å². The summed E-state index contributed by atoms with van der Waals surface area (Å²) in [6.07, 6.45) is 2.07. The van der Waals surface area contributed by atoms with Crippen LogP contribution < -0.4 is 10.5 Å². The van der Waals surface area contributed by atoms with Crippen molar-refractivity contribution >= 4 is 5.78 Å². The summed E-state index contributed by atoms with van der Waals surface area (Å²) in [5, 5.41) is 0. The zero-order chi connectivity index (χ0) is 17.5. The molecule has 1 aromatic heterocycles. The number of hydrogen-bond acceptors (Lipinski definition) is 4. The van der Waals surface area contributed by atoms with Crippen LogP contribution in [-0.4, -0.2) is 10.8 Å². The zero-order valence-electron chi connectivity index (χ0n) is 13.9. The maximum absolute atomic E-state index is 12.5. The number of Topliss-reactive ketones (excluding diaryl/α,β-unsaturated/α-hetero) is 1. The minimum absolute atomic E-state index is 0.0938. The Morgan fingerprint density at radius 1 is 0.920 bits per heavy atom. The summed E-state index contributed by atoms with van der Waals surface area (Å²) in [6.45, 7) is 0.801. The Hall–Kier alpha value is -2.98. The first-order valence-electron chi connectivity index (χ1n) is 8.18. The number of ketones is 1. The molecule has 0 aliphatic heterocycles. The molecular formula is C21H20N2O2. The first kappa shape index (κ1) is 16.9. The number of rotatable bonds is 7. The summed E-state index contributed by atoms with van der Waals surface area (Å²) in [6, 6.07) is 20.9. The van der Waals surface area contributed by atoms with Gasteiger partial charge in [-0.3, -0.25) is 4.79 Å². The van der Waals surface area contributed by atoms with Crippen molar-refractivity contribution in [1.82, 2.24) is 4.98 Å². The van der Waals surface area contributed by atoms with Gasteiger partial charge in [0.25, 0.3) is 0 Å². The van der Waals surface area contributed by atoms with Crippen LogP contribution >= 0.6 is 0 Å². The van der Waals surface area contributed by atoms with Gasteiger partial charge in [-0.05, 0) is 28.8 Å². The van der Waals surface area contributed by atoms with Crippen LogP contribution in [0.15, 0.2) is 72.9 Å². The van der Waals surface area contributed by atoms with Crippen molar-refractivity contribution in [2.45, 2.75) is 19.6 Å². The van der Waals surface area contributed by atoms with Crippen molar-refractivity contribution in [3.63, 3.8) is 0 Å². The van der Waals surface area contributed by atoms with Crippen molar-refractivity contribution in [1.29, 1.82) is 0 Å². The highest BCUT2D eigenvalue weighted by molar-refractivity contribution is 5.97. The van der Waals surface area contributed by atoms with E-state index in [1.165, 1.54) is 0 Å². The smallest absolute Gasteiger partial charge is 0.213 e. The monoisotopic (exact) mass is 332 g/mol. The molecule has 0 atom stereocenters. The van der Waals surface area contributed by atoms with Crippen LogP contribution in [0.25, 0.3) is 0 Å². The predicted octanol–water partition coefficient (Wildman–Crippen LogP) is 3.54. The fourth-order valence-corrected chi connectivity index (χ4v) is 2.53. The van der Waals surface area contributed by atoms with Gasteiger partial charge in [0.1, 0.15) is 6.61 Å². The van der Waals surface area contributed by atoms with Crippen LogP contribution in [-0.2, 0) is 19.6 Å². The second-order valence-electron chi connectivity index (χ2n) is 5.78. The van der Waals surface area contributed by atoms with Crippen molar-refractivity contribution in [3.8, 4) is 5.88 Å². The third-order valence-corrected chi connectivity index (χ3v) is 3.88. The van der Waals surface area contributed by atoms with Gasteiger partial charge in [0.05, 0.1) is 0 Å². The van der Waals surface area contributed by atoms with E-state index in [2.05, 4.69) is 4.98 Å². The molecule has 126 valence electrons. The van der Waals surface area contributed by atoms with E-state index in [1.54, 1.807) is 6.20 Å². The van der Waals surface area contributed by atoms with Crippen molar-refractivity contribution in [2.24, 2.45) is 5.73 Å². The number of carbonyl (C=O) groups excluding carboxylic acids is 1. The number of aromatic nitrogens is 1. The minimum Gasteiger partial charge on any atom is -0.473 e. The lowest BCUT2D eigenvalue weighted by atomic mass is 10.0. The second kappa shape index (κ2) is 8.22. The molecule has 1 heterocycles. The molecule has 0 radical (unpaired) electrons. The zero-order valence-corrected chi connectivity index (χ0v) is 13.9. The SMILES string of the molecule is NCc1ccnc(OCc2cccc(C(=O)Cc3ccccc3)c2)c1. The van der Waals surface area contributed by atoms with Crippen LogP contribution in [0, 0.1) is 0 Å². The first-order valence-corrected chi connectivity index (χ1v) is 8.18. The topological polar surface area (TPSA) is 65.2 Å². The molecule has 0 aliphatic carbocycles. The summed E-state index contributed by atoms with van der Waals surface area (Å²) in [5.41, 5.74) is 9.22. The summed E-state index contributed by atoms with van der Waals surface area (Å²) >= 11 is 0. The number of hydrogen-bond donors (Lipinski definition) is 1. The molecule has 0 unspecified atom stereocenters. The molecular weight excluding hydrogens is 312 g/mol. The van der Waals surface area contributed by atoms with E-state index in [1.807, 2.05) is 66.7 Å². The number of ether oxygens (including phenoxy) is 1. The summed E-state index contributed by atoms with van der Waals surface area (Å²) < 4.78 is 5.71. The van der Waals surface area contributed by atoms with E-state index in [-0.39, 0.29) is 5.78 Å². The fourth-order valence-electron chi connectivity index (χ4n) is 2.53. The normalized spacial score (nSPS) is 10.4. The number of benzene rings is 2. The molecule has 25 heavy (non-hydrogen) atoms. The van der Waals surface area contributed by atoms with E-state index in [4.69, 9.17) is 10.5 Å². The molecule has 0 amide bonds. The van der Waals surface area contributed by atoms with Crippen LogP contribution in [0.3, 0.4) is 0 Å². The Balaban J connectivity index is 1.65. The van der Waals surface area contributed by atoms with E-state index in [0.29, 0.717) is 31.0 Å². The largest absolute Gasteiger partial charge is 0.473 e. The molecule has 4 nitrogen and oxygen atoms in total. The van der Waals surface area contributed by atoms with E-state index in [0.717, 1.165) is 16.7 Å². The number of nitrogens with two attached hydrogens (primary N) is 1. The van der Waals surface area contributed by atoms with Gasteiger partial charge in [-0.25, -0.2) is 4.98 Å². The molecule has 4 heteroatoms. The van der Waals surface area contributed by atoms with Gasteiger partial charge >= 0.3 is 0 Å². The van der Waals surface area contributed by atoms with Crippen molar-refractivity contribution < 1.29 is 9.53 Å². The van der Waals surface area contributed by atoms with E-state index in [9.17, 15) is 4.79 Å². The fraction of sp³-hybridized carbons (Fsp3) is 0.143. The highest BCUT2D eigenvalue weighted by Crippen LogP contribution is 2.14. The summed E-state index contributed by atoms with van der Waals surface area (Å²) in [5.74, 6) is 0.625. The third kappa shape index (κ3) is 4.75. The Morgan fingerprint density at radius 3 is 2.52 bits per heavy atom. The van der Waals surface area contributed by atoms with Crippen LogP contribution in [0.2, 0.25) is 0 Å². The number of pyridine rings is 1. The molecule has 0 fully saturated rings. The van der Waals surface area contributed by atoms with Gasteiger partial charge in [-0.15, -0.1) is 0 Å². The van der Waals surface area contributed by atoms with Gasteiger partial charge in [0.15, 0.2) is 5.78 Å². The lowest BCUT2D eigenvalue weighted by Gasteiger charge is -2.08. The maximum atomic E-state index is 12.5. The average Bonchev–Trinajstić information content (AvgIpc) is 2.67. The van der Waals surface area contributed by atoms with Gasteiger partial charge in [0.2, 0.25) is 5.88 Å². The third-order valence-electron chi connectivity index (χ3n) is 3.88. The number of carbonyl (C=O) groups is 1. The maximum Gasteiger partial charge on any atom is 0.213 e. The second-order valence-corrected chi connectivity index (χ2v) is 5.78. The predicted molar refractivity (Wildman–Crippen MR) is 97.4 cm³/mol. The van der Waals surface area contributed by atoms with Gasteiger partial charge in [0, 0.05) is 30.8 Å². The van der Waals surface area contributed by atoms with Gasteiger partial charge in [-0.1, -0.05) is 48.5 Å². The Morgan fingerprint density at radius 2 is 1.72 bits per heavy atom. The molecule has 2 aromatic carbocycles.